The van der Waals surface area contributed by atoms with Gasteiger partial charge in [-0.25, -0.2) is 0 Å². The van der Waals surface area contributed by atoms with Crippen LogP contribution in [-0.2, 0) is 0 Å². The van der Waals surface area contributed by atoms with Crippen LogP contribution < -0.4 is 4.74 Å². The molecule has 0 aliphatic carbocycles. The zero-order valence-electron chi connectivity index (χ0n) is 11.3. The van der Waals surface area contributed by atoms with Gasteiger partial charge in [-0.05, 0) is 47.9 Å². The SMILES string of the molecule is CCC(O)(CC)COc1ccc2cc(Br)ccc2c1. The van der Waals surface area contributed by atoms with Crippen molar-refractivity contribution in [3.8, 4) is 5.75 Å². The number of hydrogen-bond acceptors (Lipinski definition) is 2. The molecule has 0 radical (unpaired) electrons. The van der Waals surface area contributed by atoms with Crippen molar-refractivity contribution in [3.05, 3.63) is 40.9 Å². The van der Waals surface area contributed by atoms with E-state index in [9.17, 15) is 5.11 Å². The summed E-state index contributed by atoms with van der Waals surface area (Å²) in [6.45, 7) is 4.29. The highest BCUT2D eigenvalue weighted by molar-refractivity contribution is 9.10. The average Bonchev–Trinajstić information content (AvgIpc) is 2.44. The molecule has 0 aliphatic heterocycles. The number of hydrogen-bond donors (Lipinski definition) is 1. The van der Waals surface area contributed by atoms with E-state index in [1.165, 1.54) is 5.39 Å². The first kappa shape index (κ1) is 14.4. The number of rotatable bonds is 5. The second-order valence-electron chi connectivity index (χ2n) is 4.87. The normalized spacial score (nSPS) is 11.8. The fourth-order valence-corrected chi connectivity index (χ4v) is 2.34. The third kappa shape index (κ3) is 3.48. The van der Waals surface area contributed by atoms with Crippen LogP contribution in [0.2, 0.25) is 0 Å². The third-order valence-electron chi connectivity index (χ3n) is 3.60. The maximum Gasteiger partial charge on any atom is 0.120 e. The topological polar surface area (TPSA) is 29.5 Å². The molecule has 0 saturated heterocycles. The molecule has 2 aromatic rings. The lowest BCUT2D eigenvalue weighted by Gasteiger charge is -2.25. The molecule has 0 atom stereocenters. The highest BCUT2D eigenvalue weighted by Gasteiger charge is 2.23. The first-order valence-electron chi connectivity index (χ1n) is 6.61. The number of benzene rings is 2. The number of fused-ring (bicyclic) bond motifs is 1. The van der Waals surface area contributed by atoms with Gasteiger partial charge in [-0.1, -0.05) is 41.9 Å². The molecule has 0 aromatic heterocycles. The molecule has 0 fully saturated rings. The average molecular weight is 323 g/mol. The molecule has 2 rings (SSSR count). The first-order chi connectivity index (χ1) is 9.06. The predicted molar refractivity (Wildman–Crippen MR) is 82.7 cm³/mol. The molecule has 3 heteroatoms. The Bertz CT molecular complexity index is 562. The van der Waals surface area contributed by atoms with Crippen molar-refractivity contribution < 1.29 is 9.84 Å². The van der Waals surface area contributed by atoms with E-state index in [4.69, 9.17) is 4.74 Å². The van der Waals surface area contributed by atoms with Crippen molar-refractivity contribution in [1.29, 1.82) is 0 Å². The Kier molecular flexibility index (Phi) is 4.48. The summed E-state index contributed by atoms with van der Waals surface area (Å²) in [5.74, 6) is 0.801. The van der Waals surface area contributed by atoms with Crippen molar-refractivity contribution in [3.63, 3.8) is 0 Å². The third-order valence-corrected chi connectivity index (χ3v) is 4.09. The van der Waals surface area contributed by atoms with E-state index in [0.29, 0.717) is 19.4 Å². The largest absolute Gasteiger partial charge is 0.491 e. The van der Waals surface area contributed by atoms with Crippen molar-refractivity contribution in [1.82, 2.24) is 0 Å². The van der Waals surface area contributed by atoms with Crippen LogP contribution in [0, 0.1) is 0 Å². The summed E-state index contributed by atoms with van der Waals surface area (Å²) in [6.07, 6.45) is 1.40. The minimum atomic E-state index is -0.728. The van der Waals surface area contributed by atoms with E-state index in [0.717, 1.165) is 15.6 Å². The Morgan fingerprint density at radius 3 is 2.37 bits per heavy atom. The van der Waals surface area contributed by atoms with Crippen molar-refractivity contribution in [2.75, 3.05) is 6.61 Å². The molecule has 19 heavy (non-hydrogen) atoms. The summed E-state index contributed by atoms with van der Waals surface area (Å²) >= 11 is 3.46. The van der Waals surface area contributed by atoms with Crippen LogP contribution in [0.3, 0.4) is 0 Å². The molecule has 0 unspecified atom stereocenters. The van der Waals surface area contributed by atoms with Gasteiger partial charge in [-0.2, -0.15) is 0 Å². The van der Waals surface area contributed by atoms with Crippen LogP contribution in [-0.4, -0.2) is 17.3 Å². The quantitative estimate of drug-likeness (QED) is 0.876. The van der Waals surface area contributed by atoms with Crippen LogP contribution in [0.1, 0.15) is 26.7 Å². The van der Waals surface area contributed by atoms with E-state index in [2.05, 4.69) is 28.1 Å². The fourth-order valence-electron chi connectivity index (χ4n) is 1.96. The van der Waals surface area contributed by atoms with Gasteiger partial charge in [0.05, 0.1) is 5.60 Å². The van der Waals surface area contributed by atoms with Crippen LogP contribution in [0.5, 0.6) is 5.75 Å². The summed E-state index contributed by atoms with van der Waals surface area (Å²) in [4.78, 5) is 0. The van der Waals surface area contributed by atoms with Crippen molar-refractivity contribution in [2.45, 2.75) is 32.3 Å². The number of ether oxygens (including phenoxy) is 1. The van der Waals surface area contributed by atoms with Gasteiger partial charge in [0, 0.05) is 4.47 Å². The fraction of sp³-hybridized carbons (Fsp3) is 0.375. The Balaban J connectivity index is 2.16. The Labute approximate surface area is 122 Å². The van der Waals surface area contributed by atoms with E-state index >= 15 is 0 Å². The van der Waals surface area contributed by atoms with Gasteiger partial charge in [-0.15, -0.1) is 0 Å². The van der Waals surface area contributed by atoms with E-state index in [1.54, 1.807) is 0 Å². The number of halogens is 1. The smallest absolute Gasteiger partial charge is 0.120 e. The summed E-state index contributed by atoms with van der Waals surface area (Å²) in [6, 6.07) is 12.1. The lowest BCUT2D eigenvalue weighted by Crippen LogP contribution is -2.34. The maximum atomic E-state index is 10.2. The molecule has 0 bridgehead atoms. The molecular formula is C16H19BrO2. The minimum absolute atomic E-state index is 0.335. The molecule has 0 saturated carbocycles. The highest BCUT2D eigenvalue weighted by Crippen LogP contribution is 2.25. The zero-order valence-corrected chi connectivity index (χ0v) is 12.9. The molecule has 2 nitrogen and oxygen atoms in total. The van der Waals surface area contributed by atoms with Gasteiger partial charge in [0.2, 0.25) is 0 Å². The molecule has 0 heterocycles. The van der Waals surface area contributed by atoms with Crippen LogP contribution in [0.15, 0.2) is 40.9 Å². The molecule has 0 amide bonds. The van der Waals surface area contributed by atoms with E-state index in [-0.39, 0.29) is 0 Å². The summed E-state index contributed by atoms with van der Waals surface area (Å²) in [5, 5.41) is 12.5. The van der Waals surface area contributed by atoms with Gasteiger partial charge in [0.25, 0.3) is 0 Å². The monoisotopic (exact) mass is 322 g/mol. The van der Waals surface area contributed by atoms with Crippen molar-refractivity contribution in [2.24, 2.45) is 0 Å². The molecule has 102 valence electrons. The second-order valence-corrected chi connectivity index (χ2v) is 5.79. The molecule has 1 N–H and O–H groups in total. The number of aliphatic hydroxyl groups is 1. The van der Waals surface area contributed by atoms with Gasteiger partial charge < -0.3 is 9.84 Å². The zero-order chi connectivity index (χ0) is 13.9. The lowest BCUT2D eigenvalue weighted by atomic mass is 9.99. The van der Waals surface area contributed by atoms with Gasteiger partial charge in [0.15, 0.2) is 0 Å². The van der Waals surface area contributed by atoms with E-state index in [1.807, 2.05) is 38.1 Å². The molecule has 0 aliphatic rings. The lowest BCUT2D eigenvalue weighted by molar-refractivity contribution is -0.0113. The summed E-state index contributed by atoms with van der Waals surface area (Å²) in [5.41, 5.74) is -0.728. The van der Waals surface area contributed by atoms with Gasteiger partial charge in [0.1, 0.15) is 12.4 Å². The van der Waals surface area contributed by atoms with Gasteiger partial charge in [-0.3, -0.25) is 0 Å². The minimum Gasteiger partial charge on any atom is -0.491 e. The Morgan fingerprint density at radius 1 is 1.05 bits per heavy atom. The van der Waals surface area contributed by atoms with Crippen LogP contribution in [0.4, 0.5) is 0 Å². The molecule has 0 spiro atoms. The van der Waals surface area contributed by atoms with Crippen LogP contribution >= 0.6 is 15.9 Å². The van der Waals surface area contributed by atoms with E-state index < -0.39 is 5.60 Å². The maximum absolute atomic E-state index is 10.2. The standard InChI is InChI=1S/C16H19BrO2/c1-3-16(18,4-2)11-19-15-8-6-12-9-14(17)7-5-13(12)10-15/h5-10,18H,3-4,11H2,1-2H3. The van der Waals surface area contributed by atoms with Crippen molar-refractivity contribution >= 4 is 26.7 Å². The predicted octanol–water partition coefficient (Wildman–Crippen LogP) is 4.53. The second kappa shape index (κ2) is 5.93. The highest BCUT2D eigenvalue weighted by atomic mass is 79.9. The summed E-state index contributed by atoms with van der Waals surface area (Å²) in [7, 11) is 0. The first-order valence-corrected chi connectivity index (χ1v) is 7.40. The Morgan fingerprint density at radius 2 is 1.68 bits per heavy atom. The molecular weight excluding hydrogens is 304 g/mol. The van der Waals surface area contributed by atoms with Gasteiger partial charge >= 0.3 is 0 Å². The Hall–Kier alpha value is -1.06. The van der Waals surface area contributed by atoms with Crippen LogP contribution in [0.25, 0.3) is 10.8 Å². The molecule has 2 aromatic carbocycles. The summed E-state index contributed by atoms with van der Waals surface area (Å²) < 4.78 is 6.80.